The number of likely N-dealkylation sites (tertiary alicyclic amines) is 1. The Labute approximate surface area is 129 Å². The molecule has 0 aromatic heterocycles. The van der Waals surface area contributed by atoms with E-state index in [0.717, 1.165) is 0 Å². The molecule has 2 amide bonds. The summed E-state index contributed by atoms with van der Waals surface area (Å²) >= 11 is 5.90. The monoisotopic (exact) mass is 309 g/mol. The number of nitrogens with one attached hydrogen (secondary N) is 1. The van der Waals surface area contributed by atoms with Gasteiger partial charge in [0.15, 0.2) is 0 Å². The highest BCUT2D eigenvalue weighted by atomic mass is 35.5. The van der Waals surface area contributed by atoms with Crippen LogP contribution in [0.2, 0.25) is 5.02 Å². The maximum atomic E-state index is 12.3. The second-order valence-corrected chi connectivity index (χ2v) is 5.82. The van der Waals surface area contributed by atoms with E-state index in [0.29, 0.717) is 36.6 Å². The Bertz CT molecular complexity index is 527. The average molecular weight is 310 g/mol. The van der Waals surface area contributed by atoms with Crippen molar-refractivity contribution in [2.75, 3.05) is 18.4 Å². The van der Waals surface area contributed by atoms with Crippen molar-refractivity contribution in [1.82, 2.24) is 4.90 Å². The Morgan fingerprint density at radius 2 is 2.05 bits per heavy atom. The van der Waals surface area contributed by atoms with E-state index in [9.17, 15) is 9.59 Å². The molecule has 0 aliphatic carbocycles. The second-order valence-electron chi connectivity index (χ2n) is 5.39. The van der Waals surface area contributed by atoms with Crippen LogP contribution in [-0.2, 0) is 9.59 Å². The molecule has 0 radical (unpaired) electrons. The first-order valence-electron chi connectivity index (χ1n) is 7.07. The number of benzene rings is 1. The first-order chi connectivity index (χ1) is 9.97. The number of nitrogens with zero attached hydrogens (tertiary/aromatic N) is 1. The molecule has 1 unspecified atom stereocenters. The number of nitrogens with two attached hydrogens (primary N) is 1. The second kappa shape index (κ2) is 6.91. The molecule has 6 heteroatoms. The Kier molecular flexibility index (Phi) is 5.20. The summed E-state index contributed by atoms with van der Waals surface area (Å²) in [4.78, 5) is 25.5. The number of amides is 2. The van der Waals surface area contributed by atoms with E-state index >= 15 is 0 Å². The summed E-state index contributed by atoms with van der Waals surface area (Å²) in [7, 11) is 0. The van der Waals surface area contributed by atoms with E-state index in [2.05, 4.69) is 10.2 Å². The van der Waals surface area contributed by atoms with Crippen molar-refractivity contribution in [3.8, 4) is 0 Å². The van der Waals surface area contributed by atoms with Crippen LogP contribution < -0.4 is 11.1 Å². The largest absolute Gasteiger partial charge is 0.369 e. The lowest BCUT2D eigenvalue weighted by atomic mass is 9.95. The van der Waals surface area contributed by atoms with E-state index in [1.165, 1.54) is 0 Å². The van der Waals surface area contributed by atoms with Gasteiger partial charge >= 0.3 is 0 Å². The Balaban J connectivity index is 1.90. The van der Waals surface area contributed by atoms with Gasteiger partial charge in [-0.2, -0.15) is 0 Å². The molecule has 1 aliphatic rings. The van der Waals surface area contributed by atoms with Gasteiger partial charge in [-0.05, 0) is 51.1 Å². The summed E-state index contributed by atoms with van der Waals surface area (Å²) in [6.07, 6.45) is 1.42. The molecule has 0 spiro atoms. The normalized spacial score (nSPS) is 18.2. The topological polar surface area (TPSA) is 75.4 Å². The van der Waals surface area contributed by atoms with Crippen LogP contribution in [0.4, 0.5) is 5.69 Å². The van der Waals surface area contributed by atoms with Gasteiger partial charge in [0.2, 0.25) is 11.8 Å². The van der Waals surface area contributed by atoms with Gasteiger partial charge in [-0.15, -0.1) is 0 Å². The molecular formula is C15H20ClN3O2. The lowest BCUT2D eigenvalue weighted by Gasteiger charge is -2.34. The first-order valence-corrected chi connectivity index (χ1v) is 7.45. The standard InChI is InChI=1S/C15H20ClN3O2/c1-10(19-7-5-11(6-8-19)14(17)20)15(21)18-13-4-2-3-12(16)9-13/h2-4,9-11H,5-8H2,1H3,(H2,17,20)(H,18,21). The third-order valence-electron chi connectivity index (χ3n) is 3.95. The lowest BCUT2D eigenvalue weighted by molar-refractivity contribution is -0.124. The highest BCUT2D eigenvalue weighted by molar-refractivity contribution is 6.30. The quantitative estimate of drug-likeness (QED) is 0.891. The predicted molar refractivity (Wildman–Crippen MR) is 83.0 cm³/mol. The number of hydrogen-bond donors (Lipinski definition) is 2. The van der Waals surface area contributed by atoms with Gasteiger partial charge in [-0.25, -0.2) is 0 Å². The molecule has 1 heterocycles. The van der Waals surface area contributed by atoms with Crippen molar-refractivity contribution in [3.63, 3.8) is 0 Å². The molecule has 1 aromatic carbocycles. The Hall–Kier alpha value is -1.59. The van der Waals surface area contributed by atoms with Crippen LogP contribution in [0.3, 0.4) is 0 Å². The smallest absolute Gasteiger partial charge is 0.241 e. The van der Waals surface area contributed by atoms with Gasteiger partial charge in [0, 0.05) is 16.6 Å². The minimum atomic E-state index is -0.252. The van der Waals surface area contributed by atoms with Crippen molar-refractivity contribution in [2.24, 2.45) is 11.7 Å². The number of halogens is 1. The average Bonchev–Trinajstić information content (AvgIpc) is 2.46. The van der Waals surface area contributed by atoms with Gasteiger partial charge < -0.3 is 11.1 Å². The zero-order valence-electron chi connectivity index (χ0n) is 12.0. The molecule has 1 saturated heterocycles. The van der Waals surface area contributed by atoms with Crippen LogP contribution in [0.25, 0.3) is 0 Å². The van der Waals surface area contributed by atoms with Gasteiger partial charge in [0.05, 0.1) is 6.04 Å². The Morgan fingerprint density at radius 3 is 2.62 bits per heavy atom. The predicted octanol–water partition coefficient (Wildman–Crippen LogP) is 1.86. The fourth-order valence-electron chi connectivity index (χ4n) is 2.55. The SMILES string of the molecule is CC(C(=O)Nc1cccc(Cl)c1)N1CCC(C(N)=O)CC1. The summed E-state index contributed by atoms with van der Waals surface area (Å²) in [5, 5.41) is 3.44. The molecule has 1 aromatic rings. The summed E-state index contributed by atoms with van der Waals surface area (Å²) in [6.45, 7) is 3.28. The molecule has 3 N–H and O–H groups in total. The van der Waals surface area contributed by atoms with Crippen LogP contribution >= 0.6 is 11.6 Å². The molecule has 5 nitrogen and oxygen atoms in total. The molecule has 2 rings (SSSR count). The van der Waals surface area contributed by atoms with Crippen LogP contribution in [0.5, 0.6) is 0 Å². The van der Waals surface area contributed by atoms with E-state index in [1.807, 2.05) is 6.92 Å². The fraction of sp³-hybridized carbons (Fsp3) is 0.467. The molecule has 0 saturated carbocycles. The summed E-state index contributed by atoms with van der Waals surface area (Å²) < 4.78 is 0. The van der Waals surface area contributed by atoms with Crippen molar-refractivity contribution < 1.29 is 9.59 Å². The van der Waals surface area contributed by atoms with Crippen LogP contribution in [-0.4, -0.2) is 35.8 Å². The third kappa shape index (κ3) is 4.19. The number of anilines is 1. The first kappa shape index (κ1) is 15.8. The molecule has 21 heavy (non-hydrogen) atoms. The molecular weight excluding hydrogens is 290 g/mol. The van der Waals surface area contributed by atoms with Gasteiger partial charge in [0.1, 0.15) is 0 Å². The number of piperidine rings is 1. The van der Waals surface area contributed by atoms with Crippen LogP contribution in [0.15, 0.2) is 24.3 Å². The van der Waals surface area contributed by atoms with E-state index < -0.39 is 0 Å². The zero-order valence-corrected chi connectivity index (χ0v) is 12.8. The van der Waals surface area contributed by atoms with Gasteiger partial charge in [-0.3, -0.25) is 14.5 Å². The van der Waals surface area contributed by atoms with E-state index in [4.69, 9.17) is 17.3 Å². The molecule has 1 aliphatic heterocycles. The molecule has 0 bridgehead atoms. The number of rotatable bonds is 4. The summed E-state index contributed by atoms with van der Waals surface area (Å²) in [5.74, 6) is -0.384. The third-order valence-corrected chi connectivity index (χ3v) is 4.19. The molecule has 1 fully saturated rings. The fourth-order valence-corrected chi connectivity index (χ4v) is 2.74. The van der Waals surface area contributed by atoms with Crippen molar-refractivity contribution >= 4 is 29.1 Å². The van der Waals surface area contributed by atoms with Crippen molar-refractivity contribution in [2.45, 2.75) is 25.8 Å². The zero-order chi connectivity index (χ0) is 15.4. The van der Waals surface area contributed by atoms with Crippen molar-refractivity contribution in [3.05, 3.63) is 29.3 Å². The minimum absolute atomic E-state index is 0.0653. The Morgan fingerprint density at radius 1 is 1.38 bits per heavy atom. The number of carbonyl (C=O) groups is 2. The van der Waals surface area contributed by atoms with E-state index in [-0.39, 0.29) is 23.8 Å². The van der Waals surface area contributed by atoms with Gasteiger partial charge in [0.25, 0.3) is 0 Å². The minimum Gasteiger partial charge on any atom is -0.369 e. The number of carbonyl (C=O) groups excluding carboxylic acids is 2. The summed E-state index contributed by atoms with van der Waals surface area (Å²) in [6, 6.07) is 6.81. The van der Waals surface area contributed by atoms with Crippen LogP contribution in [0.1, 0.15) is 19.8 Å². The highest BCUT2D eigenvalue weighted by Gasteiger charge is 2.28. The lowest BCUT2D eigenvalue weighted by Crippen LogP contribution is -2.47. The highest BCUT2D eigenvalue weighted by Crippen LogP contribution is 2.20. The maximum Gasteiger partial charge on any atom is 0.241 e. The maximum absolute atomic E-state index is 12.3. The number of primary amides is 1. The molecule has 1 atom stereocenters. The van der Waals surface area contributed by atoms with Crippen LogP contribution in [0, 0.1) is 5.92 Å². The van der Waals surface area contributed by atoms with Crippen molar-refractivity contribution in [1.29, 1.82) is 0 Å². The van der Waals surface area contributed by atoms with E-state index in [1.54, 1.807) is 24.3 Å². The summed E-state index contributed by atoms with van der Waals surface area (Å²) in [5.41, 5.74) is 6.00. The number of hydrogen-bond acceptors (Lipinski definition) is 3. The van der Waals surface area contributed by atoms with Gasteiger partial charge in [-0.1, -0.05) is 17.7 Å². The molecule has 114 valence electrons.